The molecule has 28 heavy (non-hydrogen) atoms. The fourth-order valence-electron chi connectivity index (χ4n) is 4.30. The molecule has 0 radical (unpaired) electrons. The Hall–Kier alpha value is -2.98. The molecule has 3 aromatic carbocycles. The lowest BCUT2D eigenvalue weighted by atomic mass is 10.0. The molecule has 0 atom stereocenters. The van der Waals surface area contributed by atoms with E-state index in [1.54, 1.807) is 12.1 Å². The highest BCUT2D eigenvalue weighted by atomic mass is 19.1. The topological polar surface area (TPSA) is 18.8 Å². The molecule has 1 heterocycles. The summed E-state index contributed by atoms with van der Waals surface area (Å²) < 4.78 is 13.0. The van der Waals surface area contributed by atoms with Crippen molar-refractivity contribution in [3.05, 3.63) is 95.3 Å². The van der Waals surface area contributed by atoms with Crippen molar-refractivity contribution in [1.82, 2.24) is 9.91 Å². The van der Waals surface area contributed by atoms with Crippen molar-refractivity contribution >= 4 is 6.21 Å². The summed E-state index contributed by atoms with van der Waals surface area (Å²) in [6, 6.07) is 24.3. The Balaban J connectivity index is 1.31. The summed E-state index contributed by atoms with van der Waals surface area (Å²) in [4.78, 5) is 2.56. The zero-order valence-electron chi connectivity index (χ0n) is 15.6. The van der Waals surface area contributed by atoms with Gasteiger partial charge in [0, 0.05) is 26.2 Å². The fourth-order valence-corrected chi connectivity index (χ4v) is 4.30. The minimum atomic E-state index is -0.220. The Kier molecular flexibility index (Phi) is 4.41. The normalized spacial score (nSPS) is 17.1. The summed E-state index contributed by atoms with van der Waals surface area (Å²) >= 11 is 0. The van der Waals surface area contributed by atoms with Crippen LogP contribution in [0.25, 0.3) is 11.1 Å². The molecule has 0 aromatic heterocycles. The second-order valence-electron chi connectivity index (χ2n) is 7.36. The van der Waals surface area contributed by atoms with Crippen molar-refractivity contribution < 1.29 is 4.39 Å². The third-order valence-corrected chi connectivity index (χ3v) is 5.70. The first-order valence-electron chi connectivity index (χ1n) is 9.76. The van der Waals surface area contributed by atoms with Crippen molar-refractivity contribution in [2.24, 2.45) is 5.10 Å². The van der Waals surface area contributed by atoms with E-state index in [4.69, 9.17) is 0 Å². The van der Waals surface area contributed by atoms with Gasteiger partial charge < -0.3 is 0 Å². The third-order valence-electron chi connectivity index (χ3n) is 5.70. The van der Waals surface area contributed by atoms with Crippen LogP contribution in [0.1, 0.15) is 22.7 Å². The molecule has 1 fully saturated rings. The van der Waals surface area contributed by atoms with E-state index >= 15 is 0 Å². The van der Waals surface area contributed by atoms with Crippen LogP contribution < -0.4 is 0 Å². The summed E-state index contributed by atoms with van der Waals surface area (Å²) in [6.07, 6.45) is 1.81. The predicted octanol–water partition coefficient (Wildman–Crippen LogP) is 4.55. The first kappa shape index (κ1) is 17.1. The first-order chi connectivity index (χ1) is 13.8. The van der Waals surface area contributed by atoms with Gasteiger partial charge in [-0.2, -0.15) is 5.10 Å². The molecule has 1 aliphatic heterocycles. The molecule has 1 aliphatic carbocycles. The van der Waals surface area contributed by atoms with Crippen LogP contribution in [0.15, 0.2) is 77.9 Å². The van der Waals surface area contributed by atoms with Gasteiger partial charge in [0.15, 0.2) is 0 Å². The maximum absolute atomic E-state index is 13.0. The minimum Gasteiger partial charge on any atom is -0.294 e. The van der Waals surface area contributed by atoms with Crippen molar-refractivity contribution in [3.63, 3.8) is 0 Å². The van der Waals surface area contributed by atoms with Crippen molar-refractivity contribution in [2.45, 2.75) is 6.04 Å². The molecule has 0 unspecified atom stereocenters. The summed E-state index contributed by atoms with van der Waals surface area (Å²) in [5.74, 6) is -0.220. The summed E-state index contributed by atoms with van der Waals surface area (Å²) in [5.41, 5.74) is 6.46. The number of piperazine rings is 1. The molecule has 0 bridgehead atoms. The van der Waals surface area contributed by atoms with Crippen molar-refractivity contribution in [1.29, 1.82) is 0 Å². The number of hydrogen-bond acceptors (Lipinski definition) is 3. The van der Waals surface area contributed by atoms with Crippen LogP contribution in [-0.4, -0.2) is 42.3 Å². The van der Waals surface area contributed by atoms with Gasteiger partial charge in [-0.25, -0.2) is 4.39 Å². The zero-order valence-corrected chi connectivity index (χ0v) is 15.6. The number of hydrazone groups is 1. The van der Waals surface area contributed by atoms with Crippen LogP contribution >= 0.6 is 0 Å². The minimum absolute atomic E-state index is 0.220. The smallest absolute Gasteiger partial charge is 0.123 e. The van der Waals surface area contributed by atoms with Crippen LogP contribution in [0.5, 0.6) is 0 Å². The second-order valence-corrected chi connectivity index (χ2v) is 7.36. The predicted molar refractivity (Wildman–Crippen MR) is 111 cm³/mol. The average molecular weight is 371 g/mol. The van der Waals surface area contributed by atoms with Gasteiger partial charge in [0.05, 0.1) is 12.3 Å². The molecule has 1 saturated heterocycles. The highest BCUT2D eigenvalue weighted by Crippen LogP contribution is 2.46. The zero-order chi connectivity index (χ0) is 18.9. The van der Waals surface area contributed by atoms with Gasteiger partial charge in [0.1, 0.15) is 5.82 Å². The second kappa shape index (κ2) is 7.21. The molecule has 5 rings (SSSR count). The number of hydrogen-bond donors (Lipinski definition) is 0. The van der Waals surface area contributed by atoms with Crippen LogP contribution in [0.4, 0.5) is 4.39 Å². The number of benzene rings is 3. The van der Waals surface area contributed by atoms with Crippen LogP contribution in [0.3, 0.4) is 0 Å². The monoisotopic (exact) mass is 371 g/mol. The Morgan fingerprint density at radius 2 is 1.32 bits per heavy atom. The van der Waals surface area contributed by atoms with E-state index in [1.807, 2.05) is 6.21 Å². The van der Waals surface area contributed by atoms with Gasteiger partial charge in [-0.15, -0.1) is 0 Å². The van der Waals surface area contributed by atoms with Crippen LogP contribution in [0.2, 0.25) is 0 Å². The van der Waals surface area contributed by atoms with E-state index in [2.05, 4.69) is 63.5 Å². The maximum atomic E-state index is 13.0. The summed E-state index contributed by atoms with van der Waals surface area (Å²) in [7, 11) is 0. The quantitative estimate of drug-likeness (QED) is 0.629. The molecule has 0 saturated carbocycles. The average Bonchev–Trinajstić information content (AvgIpc) is 3.08. The Labute approximate surface area is 164 Å². The van der Waals surface area contributed by atoms with Gasteiger partial charge in [-0.1, -0.05) is 60.7 Å². The van der Waals surface area contributed by atoms with Crippen molar-refractivity contribution in [2.75, 3.05) is 26.2 Å². The summed E-state index contributed by atoms with van der Waals surface area (Å²) in [5, 5.41) is 6.70. The highest BCUT2D eigenvalue weighted by molar-refractivity contribution is 5.79. The van der Waals surface area contributed by atoms with Crippen LogP contribution in [-0.2, 0) is 0 Å². The van der Waals surface area contributed by atoms with E-state index < -0.39 is 0 Å². The molecule has 3 nitrogen and oxygen atoms in total. The van der Waals surface area contributed by atoms with E-state index in [9.17, 15) is 4.39 Å². The standard InChI is InChI=1S/C24H22FN3/c25-19-11-9-18(10-12-19)17-26-28-15-13-27(14-16-28)24-22-7-3-1-5-20(22)21-6-2-4-8-23(21)24/h1-12,17,24H,13-16H2/b26-17+. The molecule has 4 heteroatoms. The number of halogens is 1. The molecule has 0 N–H and O–H groups in total. The third kappa shape index (κ3) is 3.10. The van der Waals surface area contributed by atoms with Gasteiger partial charge in [0.2, 0.25) is 0 Å². The number of fused-ring (bicyclic) bond motifs is 3. The van der Waals surface area contributed by atoms with Gasteiger partial charge in [0.25, 0.3) is 0 Å². The van der Waals surface area contributed by atoms with Gasteiger partial charge in [-0.05, 0) is 39.9 Å². The molecular formula is C24H22FN3. The highest BCUT2D eigenvalue weighted by Gasteiger charge is 2.33. The number of rotatable bonds is 3. The van der Waals surface area contributed by atoms with E-state index in [1.165, 1.54) is 34.4 Å². The molecule has 0 spiro atoms. The Morgan fingerprint density at radius 3 is 1.93 bits per heavy atom. The van der Waals surface area contributed by atoms with Crippen LogP contribution in [0, 0.1) is 5.82 Å². The van der Waals surface area contributed by atoms with E-state index in [-0.39, 0.29) is 5.82 Å². The molecular weight excluding hydrogens is 349 g/mol. The summed E-state index contributed by atoms with van der Waals surface area (Å²) in [6.45, 7) is 3.71. The first-order valence-corrected chi connectivity index (χ1v) is 9.76. The van der Waals surface area contributed by atoms with E-state index in [0.29, 0.717) is 6.04 Å². The van der Waals surface area contributed by atoms with Crippen molar-refractivity contribution in [3.8, 4) is 11.1 Å². The molecule has 0 amide bonds. The molecule has 140 valence electrons. The maximum Gasteiger partial charge on any atom is 0.123 e. The lowest BCUT2D eigenvalue weighted by Crippen LogP contribution is -2.45. The van der Waals surface area contributed by atoms with Gasteiger partial charge >= 0.3 is 0 Å². The number of nitrogens with zero attached hydrogens (tertiary/aromatic N) is 3. The Bertz CT molecular complexity index is 959. The molecule has 2 aliphatic rings. The lowest BCUT2D eigenvalue weighted by molar-refractivity contribution is 0.114. The van der Waals surface area contributed by atoms with E-state index in [0.717, 1.165) is 31.7 Å². The largest absolute Gasteiger partial charge is 0.294 e. The Morgan fingerprint density at radius 1 is 0.750 bits per heavy atom. The lowest BCUT2D eigenvalue weighted by Gasteiger charge is -2.37. The van der Waals surface area contributed by atoms with Gasteiger partial charge in [-0.3, -0.25) is 9.91 Å². The fraction of sp³-hybridized carbons (Fsp3) is 0.208. The SMILES string of the molecule is Fc1ccc(/C=N/N2CCN(C3c4ccccc4-c4ccccc43)CC2)cc1. The molecule has 3 aromatic rings.